The molecule has 2 aromatic heterocycles. The summed E-state index contributed by atoms with van der Waals surface area (Å²) in [5, 5.41) is 13.9. The quantitative estimate of drug-likeness (QED) is 0.609. The number of hydrogen-bond acceptors (Lipinski definition) is 7. The smallest absolute Gasteiger partial charge is 0.213 e. The summed E-state index contributed by atoms with van der Waals surface area (Å²) in [6.45, 7) is 0. The molecule has 0 aliphatic carbocycles. The van der Waals surface area contributed by atoms with Crippen molar-refractivity contribution >= 4 is 5.82 Å². The molecule has 2 saturated heterocycles. The number of nitrogens with zero attached hydrogens (tertiary/aromatic N) is 4. The van der Waals surface area contributed by atoms with Crippen molar-refractivity contribution in [2.45, 2.75) is 43.6 Å². The van der Waals surface area contributed by atoms with Gasteiger partial charge in [0.25, 0.3) is 0 Å². The molecule has 4 atom stereocenters. The van der Waals surface area contributed by atoms with Gasteiger partial charge in [-0.15, -0.1) is 0 Å². The van der Waals surface area contributed by atoms with Crippen molar-refractivity contribution in [2.24, 2.45) is 0 Å². The van der Waals surface area contributed by atoms with E-state index in [-0.39, 0.29) is 29.0 Å². The fourth-order valence-corrected chi connectivity index (χ4v) is 4.84. The van der Waals surface area contributed by atoms with Crippen LogP contribution < -0.4 is 15.0 Å². The molecule has 0 amide bonds. The van der Waals surface area contributed by atoms with Crippen LogP contribution in [0.2, 0.25) is 0 Å². The molecule has 33 heavy (non-hydrogen) atoms. The van der Waals surface area contributed by atoms with Crippen molar-refractivity contribution in [3.05, 3.63) is 48.7 Å². The summed E-state index contributed by atoms with van der Waals surface area (Å²) >= 11 is 0. The minimum Gasteiger partial charge on any atom is -0.507 e. The van der Waals surface area contributed by atoms with Crippen LogP contribution >= 0.6 is 0 Å². The molecular formula is C24H25F2N5O2. The predicted octanol–water partition coefficient (Wildman–Crippen LogP) is 3.73. The van der Waals surface area contributed by atoms with Gasteiger partial charge in [0.05, 0.1) is 31.2 Å². The van der Waals surface area contributed by atoms with Gasteiger partial charge >= 0.3 is 0 Å². The second kappa shape index (κ2) is 8.55. The molecule has 2 aliphatic rings. The van der Waals surface area contributed by atoms with Crippen molar-refractivity contribution in [2.75, 3.05) is 19.1 Å². The molecule has 0 spiro atoms. The van der Waals surface area contributed by atoms with E-state index in [1.807, 2.05) is 11.9 Å². The molecule has 1 aromatic carbocycles. The van der Waals surface area contributed by atoms with Crippen molar-refractivity contribution in [1.82, 2.24) is 20.3 Å². The average molecular weight is 453 g/mol. The van der Waals surface area contributed by atoms with Gasteiger partial charge < -0.3 is 20.1 Å². The highest BCUT2D eigenvalue weighted by atomic mass is 19.1. The lowest BCUT2D eigenvalue weighted by molar-refractivity contribution is 0.176. The Balaban J connectivity index is 1.39. The number of piperidine rings is 1. The normalized spacial score (nSPS) is 24.0. The van der Waals surface area contributed by atoms with Gasteiger partial charge in [-0.05, 0) is 43.0 Å². The van der Waals surface area contributed by atoms with E-state index in [1.54, 1.807) is 12.1 Å². The van der Waals surface area contributed by atoms with Crippen molar-refractivity contribution in [1.29, 1.82) is 0 Å². The van der Waals surface area contributed by atoms with Crippen molar-refractivity contribution in [3.8, 4) is 34.0 Å². The van der Waals surface area contributed by atoms with E-state index in [0.29, 0.717) is 35.4 Å². The van der Waals surface area contributed by atoms with Crippen LogP contribution in [0.3, 0.4) is 0 Å². The maximum Gasteiger partial charge on any atom is 0.213 e. The molecular weight excluding hydrogens is 428 g/mol. The highest BCUT2D eigenvalue weighted by Gasteiger charge is 2.43. The molecule has 2 aliphatic heterocycles. The first-order valence-electron chi connectivity index (χ1n) is 10.9. The minimum atomic E-state index is -0.979. The molecule has 0 unspecified atom stereocenters. The van der Waals surface area contributed by atoms with E-state index < -0.39 is 12.0 Å². The lowest BCUT2D eigenvalue weighted by atomic mass is 9.96. The van der Waals surface area contributed by atoms with Crippen LogP contribution in [-0.2, 0) is 0 Å². The summed E-state index contributed by atoms with van der Waals surface area (Å²) in [7, 11) is 3.30. The van der Waals surface area contributed by atoms with Gasteiger partial charge in [-0.1, -0.05) is 0 Å². The number of alkyl halides is 1. The van der Waals surface area contributed by atoms with Gasteiger partial charge in [0, 0.05) is 42.5 Å². The number of rotatable bonds is 5. The molecule has 0 radical (unpaired) electrons. The largest absolute Gasteiger partial charge is 0.507 e. The Labute approximate surface area is 190 Å². The van der Waals surface area contributed by atoms with Crippen LogP contribution in [0.1, 0.15) is 19.3 Å². The lowest BCUT2D eigenvalue weighted by Gasteiger charge is -2.38. The van der Waals surface area contributed by atoms with Gasteiger partial charge in [-0.3, -0.25) is 4.98 Å². The molecule has 9 heteroatoms. The summed E-state index contributed by atoms with van der Waals surface area (Å²) < 4.78 is 34.9. The number of pyridine rings is 1. The molecule has 3 aromatic rings. The lowest BCUT2D eigenvalue weighted by Crippen LogP contribution is -2.55. The van der Waals surface area contributed by atoms with Crippen LogP contribution in [0.15, 0.2) is 42.9 Å². The molecule has 0 saturated carbocycles. The Bertz CT molecular complexity index is 1160. The first-order valence-corrected chi connectivity index (χ1v) is 10.9. The third-order valence-corrected chi connectivity index (χ3v) is 6.67. The number of fused-ring (bicyclic) bond motifs is 2. The van der Waals surface area contributed by atoms with Crippen LogP contribution in [0.25, 0.3) is 22.4 Å². The monoisotopic (exact) mass is 453 g/mol. The van der Waals surface area contributed by atoms with E-state index in [1.165, 1.54) is 37.8 Å². The van der Waals surface area contributed by atoms with E-state index in [2.05, 4.69) is 20.3 Å². The molecule has 2 N–H and O–H groups in total. The fourth-order valence-electron chi connectivity index (χ4n) is 4.84. The molecule has 2 bridgehead atoms. The summed E-state index contributed by atoms with van der Waals surface area (Å²) in [6, 6.07) is 5.75. The van der Waals surface area contributed by atoms with Crippen molar-refractivity contribution in [3.63, 3.8) is 0 Å². The van der Waals surface area contributed by atoms with Crippen LogP contribution in [0.4, 0.5) is 14.6 Å². The Hall–Kier alpha value is -3.33. The van der Waals surface area contributed by atoms with Gasteiger partial charge in [-0.2, -0.15) is 0 Å². The van der Waals surface area contributed by atoms with Gasteiger partial charge in [0.1, 0.15) is 23.6 Å². The maximum atomic E-state index is 14.9. The van der Waals surface area contributed by atoms with E-state index in [0.717, 1.165) is 12.8 Å². The summed E-state index contributed by atoms with van der Waals surface area (Å²) in [6.07, 6.45) is 6.09. The Morgan fingerprint density at radius 3 is 2.73 bits per heavy atom. The SMILES string of the molecule is COc1cc(-c2cc(O)c(-c3cnc(N(C)[C@@H]4C[C@H]5CC[C@H](N5)[C@@H]4F)cn3)cc2F)ccn1. The maximum absolute atomic E-state index is 14.9. The predicted molar refractivity (Wildman–Crippen MR) is 121 cm³/mol. The second-order valence-electron chi connectivity index (χ2n) is 8.60. The van der Waals surface area contributed by atoms with E-state index in [9.17, 15) is 13.9 Å². The Kier molecular flexibility index (Phi) is 5.57. The van der Waals surface area contributed by atoms with E-state index in [4.69, 9.17) is 4.74 Å². The number of anilines is 1. The number of aromatic nitrogens is 3. The Morgan fingerprint density at radius 1 is 1.12 bits per heavy atom. The summed E-state index contributed by atoms with van der Waals surface area (Å²) in [4.78, 5) is 14.6. The fraction of sp³-hybridized carbons (Fsp3) is 0.375. The topological polar surface area (TPSA) is 83.4 Å². The zero-order chi connectivity index (χ0) is 23.1. The number of methoxy groups -OCH3 is 1. The number of phenolic OH excluding ortho intramolecular Hbond substituents is 1. The summed E-state index contributed by atoms with van der Waals surface area (Å²) in [5.74, 6) is 0.229. The molecule has 7 nitrogen and oxygen atoms in total. The highest BCUT2D eigenvalue weighted by molar-refractivity contribution is 5.75. The van der Waals surface area contributed by atoms with Crippen LogP contribution in [-0.4, -0.2) is 58.5 Å². The number of ether oxygens (including phenoxy) is 1. The first kappa shape index (κ1) is 21.5. The zero-order valence-electron chi connectivity index (χ0n) is 18.4. The number of halogens is 2. The van der Waals surface area contributed by atoms with Crippen molar-refractivity contribution < 1.29 is 18.6 Å². The standard InChI is InChI=1S/C24H25F2N5O2/c1-31(20-8-14-3-4-18(30-14)24(20)26)22-12-28-19(11-29-22)16-9-17(25)15(10-21(16)32)13-5-6-27-23(7-13)33-2/h5-7,9-12,14,18,20,24,30,32H,3-4,8H2,1-2H3/t14-,18+,20-,24+/m1/s1. The second-order valence-corrected chi connectivity index (χ2v) is 8.60. The molecule has 2 fully saturated rings. The number of benzene rings is 1. The Morgan fingerprint density at radius 2 is 1.97 bits per heavy atom. The third kappa shape index (κ3) is 3.97. The third-order valence-electron chi connectivity index (χ3n) is 6.67. The number of hydrogen-bond donors (Lipinski definition) is 2. The van der Waals surface area contributed by atoms with Crippen LogP contribution in [0, 0.1) is 5.82 Å². The molecule has 5 rings (SSSR count). The average Bonchev–Trinajstić information content (AvgIpc) is 3.25. The minimum absolute atomic E-state index is 0.109. The van der Waals surface area contributed by atoms with Crippen LogP contribution in [0.5, 0.6) is 11.6 Å². The molecule has 4 heterocycles. The zero-order valence-corrected chi connectivity index (χ0v) is 18.4. The van der Waals surface area contributed by atoms with Gasteiger partial charge in [-0.25, -0.2) is 18.7 Å². The molecule has 172 valence electrons. The van der Waals surface area contributed by atoms with Gasteiger partial charge in [0.15, 0.2) is 0 Å². The van der Waals surface area contributed by atoms with Gasteiger partial charge in [0.2, 0.25) is 5.88 Å². The number of phenols is 1. The first-order chi connectivity index (χ1) is 15.9. The highest BCUT2D eigenvalue weighted by Crippen LogP contribution is 2.36. The number of aromatic hydroxyl groups is 1. The summed E-state index contributed by atoms with van der Waals surface area (Å²) in [5.41, 5.74) is 1.30. The number of nitrogens with one attached hydrogen (secondary N) is 1. The van der Waals surface area contributed by atoms with E-state index >= 15 is 0 Å².